The van der Waals surface area contributed by atoms with Crippen LogP contribution in [0.25, 0.3) is 0 Å². The van der Waals surface area contributed by atoms with Gasteiger partial charge in [-0.2, -0.15) is 0 Å². The van der Waals surface area contributed by atoms with Crippen molar-refractivity contribution in [3.8, 4) is 0 Å². The topological polar surface area (TPSA) is 20.3 Å². The Balaban J connectivity index is 2.55. The minimum atomic E-state index is 0.161. The highest BCUT2D eigenvalue weighted by Crippen LogP contribution is 2.19. The van der Waals surface area contributed by atoms with E-state index in [1.54, 1.807) is 4.90 Å². The highest BCUT2D eigenvalue weighted by atomic mass is 32.2. The fraction of sp³-hybridized carbons (Fsp3) is 0.714. The lowest BCUT2D eigenvalue weighted by Gasteiger charge is -2.16. The maximum Gasteiger partial charge on any atom is 0.238 e. The summed E-state index contributed by atoms with van der Waals surface area (Å²) in [6.07, 6.45) is 0. The largest absolute Gasteiger partial charge is 0.297 e. The zero-order valence-electron chi connectivity index (χ0n) is 6.66. The van der Waals surface area contributed by atoms with Gasteiger partial charge in [-0.1, -0.05) is 37.8 Å². The van der Waals surface area contributed by atoms with Crippen LogP contribution in [0.4, 0.5) is 0 Å². The van der Waals surface area contributed by atoms with Crippen LogP contribution in [0.5, 0.6) is 0 Å². The van der Waals surface area contributed by atoms with Crippen molar-refractivity contribution < 1.29 is 4.79 Å². The molecule has 0 radical (unpaired) electrons. The molecule has 2 nitrogen and oxygen atoms in total. The highest BCUT2D eigenvalue weighted by Gasteiger charge is 2.26. The van der Waals surface area contributed by atoms with Gasteiger partial charge in [0.2, 0.25) is 5.91 Å². The molecule has 0 aromatic rings. The van der Waals surface area contributed by atoms with Crippen LogP contribution in [0.3, 0.4) is 0 Å². The standard InChI is InChI=1S/C7H11NOS2/c1-5(2)3-8-6(9)4-11-7(8)10/h5H,3-4H2,1-2H3. The Morgan fingerprint density at radius 1 is 1.73 bits per heavy atom. The molecule has 1 amide bonds. The molecule has 0 spiro atoms. The van der Waals surface area contributed by atoms with Crippen LogP contribution < -0.4 is 0 Å². The maximum absolute atomic E-state index is 11.1. The molecule has 0 aromatic heterocycles. The second-order valence-electron chi connectivity index (χ2n) is 2.95. The fourth-order valence-corrected chi connectivity index (χ4v) is 2.01. The molecule has 62 valence electrons. The van der Waals surface area contributed by atoms with Gasteiger partial charge in [-0.05, 0) is 5.92 Å². The summed E-state index contributed by atoms with van der Waals surface area (Å²) in [5.41, 5.74) is 0. The van der Waals surface area contributed by atoms with Crippen LogP contribution in [0.2, 0.25) is 0 Å². The van der Waals surface area contributed by atoms with E-state index < -0.39 is 0 Å². The SMILES string of the molecule is CC(C)CN1C(=O)CSC1=S. The van der Waals surface area contributed by atoms with Crippen LogP contribution >= 0.6 is 24.0 Å². The first kappa shape index (κ1) is 9.00. The van der Waals surface area contributed by atoms with E-state index in [1.165, 1.54) is 11.8 Å². The van der Waals surface area contributed by atoms with Crippen LogP contribution in [0.1, 0.15) is 13.8 Å². The summed E-state index contributed by atoms with van der Waals surface area (Å²) in [6.45, 7) is 4.93. The van der Waals surface area contributed by atoms with Gasteiger partial charge in [0, 0.05) is 6.54 Å². The van der Waals surface area contributed by atoms with Crippen LogP contribution in [-0.2, 0) is 4.79 Å². The van der Waals surface area contributed by atoms with E-state index in [-0.39, 0.29) is 5.91 Å². The summed E-state index contributed by atoms with van der Waals surface area (Å²) in [7, 11) is 0. The molecule has 1 fully saturated rings. The van der Waals surface area contributed by atoms with E-state index in [0.29, 0.717) is 11.7 Å². The van der Waals surface area contributed by atoms with Crippen molar-refractivity contribution in [1.29, 1.82) is 0 Å². The van der Waals surface area contributed by atoms with Crippen molar-refractivity contribution in [3.63, 3.8) is 0 Å². The van der Waals surface area contributed by atoms with Gasteiger partial charge in [0.25, 0.3) is 0 Å². The summed E-state index contributed by atoms with van der Waals surface area (Å²) in [6, 6.07) is 0. The Hall–Kier alpha value is -0.0900. The third kappa shape index (κ3) is 2.17. The first-order valence-corrected chi connectivity index (χ1v) is 4.97. The number of thiocarbonyl (C=S) groups is 1. The Kier molecular flexibility index (Phi) is 2.90. The minimum Gasteiger partial charge on any atom is -0.297 e. The van der Waals surface area contributed by atoms with Gasteiger partial charge in [-0.3, -0.25) is 9.69 Å². The molecular formula is C7H11NOS2. The molecule has 0 saturated carbocycles. The molecule has 1 rings (SSSR count). The van der Waals surface area contributed by atoms with Gasteiger partial charge in [0.1, 0.15) is 4.32 Å². The van der Waals surface area contributed by atoms with E-state index in [1.807, 2.05) is 0 Å². The van der Waals surface area contributed by atoms with Gasteiger partial charge in [-0.15, -0.1) is 0 Å². The lowest BCUT2D eigenvalue weighted by atomic mass is 10.2. The normalized spacial score (nSPS) is 18.6. The number of amides is 1. The first-order chi connectivity index (χ1) is 5.11. The fourth-order valence-electron chi connectivity index (χ4n) is 0.923. The van der Waals surface area contributed by atoms with Crippen molar-refractivity contribution >= 4 is 34.2 Å². The summed E-state index contributed by atoms with van der Waals surface area (Å²) in [4.78, 5) is 12.8. The van der Waals surface area contributed by atoms with E-state index in [2.05, 4.69) is 13.8 Å². The zero-order chi connectivity index (χ0) is 8.43. The third-order valence-corrected chi connectivity index (χ3v) is 2.82. The molecule has 0 aromatic carbocycles. The molecule has 1 aliphatic heterocycles. The van der Waals surface area contributed by atoms with Crippen molar-refractivity contribution in [3.05, 3.63) is 0 Å². The summed E-state index contributed by atoms with van der Waals surface area (Å²) < 4.78 is 0.740. The summed E-state index contributed by atoms with van der Waals surface area (Å²) in [5, 5.41) is 0. The van der Waals surface area contributed by atoms with Crippen molar-refractivity contribution in [2.24, 2.45) is 5.92 Å². The van der Waals surface area contributed by atoms with Crippen molar-refractivity contribution in [1.82, 2.24) is 4.90 Å². The highest BCUT2D eigenvalue weighted by molar-refractivity contribution is 8.23. The Morgan fingerprint density at radius 2 is 2.36 bits per heavy atom. The number of hydrogen-bond donors (Lipinski definition) is 0. The number of thioether (sulfide) groups is 1. The lowest BCUT2D eigenvalue weighted by molar-refractivity contribution is -0.124. The predicted octanol–water partition coefficient (Wildman–Crippen LogP) is 1.50. The minimum absolute atomic E-state index is 0.161. The van der Waals surface area contributed by atoms with Gasteiger partial charge < -0.3 is 0 Å². The zero-order valence-corrected chi connectivity index (χ0v) is 8.30. The van der Waals surface area contributed by atoms with Crippen LogP contribution in [0, 0.1) is 5.92 Å². The average Bonchev–Trinajstić information content (AvgIpc) is 2.18. The number of hydrogen-bond acceptors (Lipinski definition) is 3. The van der Waals surface area contributed by atoms with E-state index >= 15 is 0 Å². The quantitative estimate of drug-likeness (QED) is 0.614. The number of carbonyl (C=O) groups is 1. The Labute approximate surface area is 76.3 Å². The molecule has 4 heteroatoms. The first-order valence-electron chi connectivity index (χ1n) is 3.58. The van der Waals surface area contributed by atoms with Gasteiger partial charge in [0.15, 0.2) is 0 Å². The monoisotopic (exact) mass is 189 g/mol. The summed E-state index contributed by atoms with van der Waals surface area (Å²) >= 11 is 6.47. The summed E-state index contributed by atoms with van der Waals surface area (Å²) in [5.74, 6) is 1.19. The third-order valence-electron chi connectivity index (χ3n) is 1.39. The second-order valence-corrected chi connectivity index (χ2v) is 4.56. The smallest absolute Gasteiger partial charge is 0.238 e. The van der Waals surface area contributed by atoms with E-state index in [9.17, 15) is 4.79 Å². The average molecular weight is 189 g/mol. The van der Waals surface area contributed by atoms with Crippen LogP contribution in [0.15, 0.2) is 0 Å². The number of rotatable bonds is 2. The van der Waals surface area contributed by atoms with Crippen molar-refractivity contribution in [2.75, 3.05) is 12.3 Å². The molecular weight excluding hydrogens is 178 g/mol. The Morgan fingerprint density at radius 3 is 2.73 bits per heavy atom. The van der Waals surface area contributed by atoms with Crippen molar-refractivity contribution in [2.45, 2.75) is 13.8 Å². The lowest BCUT2D eigenvalue weighted by Crippen LogP contribution is -2.31. The second kappa shape index (κ2) is 3.54. The van der Waals surface area contributed by atoms with Gasteiger partial charge in [-0.25, -0.2) is 0 Å². The molecule has 11 heavy (non-hydrogen) atoms. The van der Waals surface area contributed by atoms with E-state index in [0.717, 1.165) is 10.9 Å². The molecule has 1 saturated heterocycles. The molecule has 0 bridgehead atoms. The predicted molar refractivity (Wildman–Crippen MR) is 51.6 cm³/mol. The molecule has 0 aliphatic carbocycles. The molecule has 0 N–H and O–H groups in total. The van der Waals surface area contributed by atoms with E-state index in [4.69, 9.17) is 12.2 Å². The molecule has 1 heterocycles. The maximum atomic E-state index is 11.1. The molecule has 0 atom stereocenters. The van der Waals surface area contributed by atoms with Gasteiger partial charge in [0.05, 0.1) is 5.75 Å². The van der Waals surface area contributed by atoms with Crippen LogP contribution in [-0.4, -0.2) is 27.4 Å². The number of carbonyl (C=O) groups excluding carboxylic acids is 1. The molecule has 1 aliphatic rings. The molecule has 0 unspecified atom stereocenters. The number of nitrogens with zero attached hydrogens (tertiary/aromatic N) is 1. The Bertz CT molecular complexity index is 175. The van der Waals surface area contributed by atoms with Gasteiger partial charge >= 0.3 is 0 Å².